The third-order valence-corrected chi connectivity index (χ3v) is 3.98. The molecule has 0 bridgehead atoms. The smallest absolute Gasteiger partial charge is 0.230 e. The van der Waals surface area contributed by atoms with Crippen LogP contribution in [0.4, 0.5) is 20.4 Å². The number of rotatable bonds is 5. The minimum Gasteiger partial charge on any atom is -0.473 e. The van der Waals surface area contributed by atoms with Crippen LogP contribution in [0.1, 0.15) is 22.4 Å². The van der Waals surface area contributed by atoms with E-state index in [1.807, 2.05) is 39.0 Å². The Bertz CT molecular complexity index is 944. The van der Waals surface area contributed by atoms with Gasteiger partial charge in [-0.3, -0.25) is 0 Å². The molecule has 0 aliphatic carbocycles. The van der Waals surface area contributed by atoms with Gasteiger partial charge in [-0.25, -0.2) is 13.8 Å². The highest BCUT2D eigenvalue weighted by Crippen LogP contribution is 2.20. The third kappa shape index (κ3) is 4.33. The first-order valence-electron chi connectivity index (χ1n) is 8.17. The molecule has 0 spiro atoms. The Morgan fingerprint density at radius 1 is 0.923 bits per heavy atom. The Morgan fingerprint density at radius 2 is 1.73 bits per heavy atom. The van der Waals surface area contributed by atoms with Crippen LogP contribution in [-0.2, 0) is 6.61 Å². The SMILES string of the molecule is Cc1cc(OCc2cc(F)ccc2F)nc(Nc2ccc(C)c(C)c2)n1. The van der Waals surface area contributed by atoms with Crippen molar-refractivity contribution in [3.05, 3.63) is 76.5 Å². The summed E-state index contributed by atoms with van der Waals surface area (Å²) in [7, 11) is 0. The summed E-state index contributed by atoms with van der Waals surface area (Å²) in [4.78, 5) is 8.62. The highest BCUT2D eigenvalue weighted by molar-refractivity contribution is 5.56. The lowest BCUT2D eigenvalue weighted by Gasteiger charge is -2.11. The van der Waals surface area contributed by atoms with Crippen LogP contribution in [0.25, 0.3) is 0 Å². The number of nitrogens with zero attached hydrogens (tertiary/aromatic N) is 2. The number of ether oxygens (including phenoxy) is 1. The van der Waals surface area contributed by atoms with Gasteiger partial charge in [0, 0.05) is 23.0 Å². The summed E-state index contributed by atoms with van der Waals surface area (Å²) in [6.45, 7) is 5.76. The molecule has 0 fully saturated rings. The highest BCUT2D eigenvalue weighted by atomic mass is 19.1. The highest BCUT2D eigenvalue weighted by Gasteiger charge is 2.08. The second-order valence-corrected chi connectivity index (χ2v) is 6.12. The molecule has 2 aromatic carbocycles. The molecule has 0 unspecified atom stereocenters. The molecule has 1 heterocycles. The Morgan fingerprint density at radius 3 is 2.50 bits per heavy atom. The minimum absolute atomic E-state index is 0.122. The van der Waals surface area contributed by atoms with Crippen LogP contribution in [-0.4, -0.2) is 9.97 Å². The average Bonchev–Trinajstić information content (AvgIpc) is 2.58. The average molecular weight is 355 g/mol. The molecule has 1 N–H and O–H groups in total. The molecule has 0 aliphatic rings. The van der Waals surface area contributed by atoms with Crippen LogP contribution in [0, 0.1) is 32.4 Å². The van der Waals surface area contributed by atoms with E-state index >= 15 is 0 Å². The number of hydrogen-bond acceptors (Lipinski definition) is 4. The largest absolute Gasteiger partial charge is 0.473 e. The Labute approximate surface area is 150 Å². The van der Waals surface area contributed by atoms with Gasteiger partial charge in [0.1, 0.15) is 18.2 Å². The zero-order valence-electron chi connectivity index (χ0n) is 14.8. The van der Waals surface area contributed by atoms with Crippen LogP contribution in [0.5, 0.6) is 5.88 Å². The summed E-state index contributed by atoms with van der Waals surface area (Å²) >= 11 is 0. The number of halogens is 2. The first-order valence-corrected chi connectivity index (χ1v) is 8.17. The van der Waals surface area contributed by atoms with Gasteiger partial charge in [0.2, 0.25) is 11.8 Å². The van der Waals surface area contributed by atoms with Gasteiger partial charge in [0.05, 0.1) is 0 Å². The van der Waals surface area contributed by atoms with Gasteiger partial charge in [-0.2, -0.15) is 4.98 Å². The van der Waals surface area contributed by atoms with Crippen molar-refractivity contribution in [2.45, 2.75) is 27.4 Å². The lowest BCUT2D eigenvalue weighted by molar-refractivity contribution is 0.287. The molecule has 0 saturated carbocycles. The Kier molecular flexibility index (Phi) is 5.11. The first-order chi connectivity index (χ1) is 12.4. The van der Waals surface area contributed by atoms with E-state index in [-0.39, 0.29) is 18.1 Å². The van der Waals surface area contributed by atoms with Crippen molar-refractivity contribution in [1.82, 2.24) is 9.97 Å². The van der Waals surface area contributed by atoms with Crippen molar-refractivity contribution < 1.29 is 13.5 Å². The number of hydrogen-bond donors (Lipinski definition) is 1. The lowest BCUT2D eigenvalue weighted by atomic mass is 10.1. The fourth-order valence-corrected chi connectivity index (χ4v) is 2.42. The van der Waals surface area contributed by atoms with E-state index in [0.29, 0.717) is 11.6 Å². The third-order valence-electron chi connectivity index (χ3n) is 3.98. The van der Waals surface area contributed by atoms with Crippen LogP contribution in [0.15, 0.2) is 42.5 Å². The second-order valence-electron chi connectivity index (χ2n) is 6.12. The number of benzene rings is 2. The van der Waals surface area contributed by atoms with Crippen molar-refractivity contribution >= 4 is 11.6 Å². The topological polar surface area (TPSA) is 47.0 Å². The molecule has 134 valence electrons. The van der Waals surface area contributed by atoms with Gasteiger partial charge >= 0.3 is 0 Å². The predicted molar refractivity (Wildman–Crippen MR) is 96.7 cm³/mol. The van der Waals surface area contributed by atoms with E-state index in [0.717, 1.165) is 29.4 Å². The minimum atomic E-state index is -0.523. The standard InChI is InChI=1S/C20H19F2N3O/c1-12-4-6-17(8-13(12)2)24-20-23-14(3)9-19(25-20)26-11-15-10-16(21)5-7-18(15)22/h4-10H,11H2,1-3H3,(H,23,24,25). The van der Waals surface area contributed by atoms with E-state index in [1.54, 1.807) is 6.07 Å². The Balaban J connectivity index is 1.76. The normalized spacial score (nSPS) is 10.7. The van der Waals surface area contributed by atoms with Crippen LogP contribution in [0.3, 0.4) is 0 Å². The predicted octanol–water partition coefficient (Wildman–Crippen LogP) is 5.00. The van der Waals surface area contributed by atoms with Crippen molar-refractivity contribution in [1.29, 1.82) is 0 Å². The molecule has 26 heavy (non-hydrogen) atoms. The van der Waals surface area contributed by atoms with Gasteiger partial charge in [0.15, 0.2) is 0 Å². The van der Waals surface area contributed by atoms with E-state index in [1.165, 1.54) is 5.56 Å². The van der Waals surface area contributed by atoms with E-state index in [2.05, 4.69) is 15.3 Å². The van der Waals surface area contributed by atoms with Crippen molar-refractivity contribution in [3.8, 4) is 5.88 Å². The lowest BCUT2D eigenvalue weighted by Crippen LogP contribution is -2.04. The number of nitrogens with one attached hydrogen (secondary N) is 1. The fraction of sp³-hybridized carbons (Fsp3) is 0.200. The fourth-order valence-electron chi connectivity index (χ4n) is 2.42. The first kappa shape index (κ1) is 17.8. The van der Waals surface area contributed by atoms with E-state index in [4.69, 9.17) is 4.74 Å². The zero-order valence-corrected chi connectivity index (χ0v) is 14.8. The van der Waals surface area contributed by atoms with E-state index in [9.17, 15) is 8.78 Å². The summed E-state index contributed by atoms with van der Waals surface area (Å²) in [5.74, 6) is -0.373. The zero-order chi connectivity index (χ0) is 18.7. The monoisotopic (exact) mass is 355 g/mol. The van der Waals surface area contributed by atoms with Crippen LogP contribution >= 0.6 is 0 Å². The second kappa shape index (κ2) is 7.47. The maximum atomic E-state index is 13.7. The molecule has 0 saturated heterocycles. The molecule has 4 nitrogen and oxygen atoms in total. The molecule has 0 aliphatic heterocycles. The Hall–Kier alpha value is -3.02. The molecule has 0 atom stereocenters. The van der Waals surface area contributed by atoms with Crippen LogP contribution in [0.2, 0.25) is 0 Å². The summed E-state index contributed by atoms with van der Waals surface area (Å²) in [6, 6.07) is 10.9. The maximum absolute atomic E-state index is 13.7. The van der Waals surface area contributed by atoms with Gasteiger partial charge in [0.25, 0.3) is 0 Å². The summed E-state index contributed by atoms with van der Waals surface area (Å²) in [5, 5.41) is 3.14. The van der Waals surface area contributed by atoms with Crippen molar-refractivity contribution in [2.75, 3.05) is 5.32 Å². The van der Waals surface area contributed by atoms with Gasteiger partial charge in [-0.1, -0.05) is 6.07 Å². The van der Waals surface area contributed by atoms with Crippen molar-refractivity contribution in [3.63, 3.8) is 0 Å². The summed E-state index contributed by atoms with van der Waals surface area (Å²) in [5.41, 5.74) is 4.04. The number of aromatic nitrogens is 2. The molecular weight excluding hydrogens is 336 g/mol. The molecule has 6 heteroatoms. The molecule has 3 aromatic rings. The molecule has 3 rings (SSSR count). The van der Waals surface area contributed by atoms with E-state index < -0.39 is 11.6 Å². The van der Waals surface area contributed by atoms with Gasteiger partial charge < -0.3 is 10.1 Å². The molecule has 1 aromatic heterocycles. The maximum Gasteiger partial charge on any atom is 0.230 e. The summed E-state index contributed by atoms with van der Waals surface area (Å²) in [6.07, 6.45) is 0. The molecule has 0 radical (unpaired) electrons. The number of anilines is 2. The quantitative estimate of drug-likeness (QED) is 0.699. The molecule has 0 amide bonds. The van der Waals surface area contributed by atoms with Gasteiger partial charge in [-0.15, -0.1) is 0 Å². The van der Waals surface area contributed by atoms with Gasteiger partial charge in [-0.05, 0) is 62.2 Å². The van der Waals surface area contributed by atoms with Crippen LogP contribution < -0.4 is 10.1 Å². The molecular formula is C20H19F2N3O. The summed E-state index contributed by atoms with van der Waals surface area (Å²) < 4.78 is 32.5. The van der Waals surface area contributed by atoms with Crippen molar-refractivity contribution in [2.24, 2.45) is 0 Å². The number of aryl methyl sites for hydroxylation is 3.